The molecule has 1 aromatic rings. The molecule has 0 atom stereocenters. The first-order chi connectivity index (χ1) is 10.1. The molecule has 4 nitrogen and oxygen atoms in total. The first-order valence-electron chi connectivity index (χ1n) is 8.29. The van der Waals surface area contributed by atoms with E-state index in [9.17, 15) is 0 Å². The highest BCUT2D eigenvalue weighted by molar-refractivity contribution is 5.55. The van der Waals surface area contributed by atoms with Crippen LogP contribution >= 0.6 is 0 Å². The molecule has 2 aliphatic rings. The Kier molecular flexibility index (Phi) is 4.22. The van der Waals surface area contributed by atoms with Crippen LogP contribution in [0.5, 0.6) is 5.88 Å². The van der Waals surface area contributed by atoms with E-state index in [2.05, 4.69) is 18.7 Å². The van der Waals surface area contributed by atoms with Crippen LogP contribution < -0.4 is 15.4 Å². The fourth-order valence-corrected chi connectivity index (χ4v) is 2.47. The maximum absolute atomic E-state index is 6.00. The second kappa shape index (κ2) is 6.12. The molecular formula is C17H27N3O. The van der Waals surface area contributed by atoms with Gasteiger partial charge in [0.15, 0.2) is 0 Å². The normalized spacial score (nSPS) is 18.0. The minimum Gasteiger partial charge on any atom is -0.476 e. The quantitative estimate of drug-likeness (QED) is 0.796. The van der Waals surface area contributed by atoms with Crippen LogP contribution in [0.1, 0.15) is 46.0 Å². The van der Waals surface area contributed by atoms with E-state index in [1.807, 2.05) is 12.1 Å². The van der Waals surface area contributed by atoms with Crippen LogP contribution in [0, 0.1) is 11.8 Å². The van der Waals surface area contributed by atoms with Crippen LogP contribution in [0.3, 0.4) is 0 Å². The molecule has 2 saturated carbocycles. The van der Waals surface area contributed by atoms with Gasteiger partial charge in [0.2, 0.25) is 5.88 Å². The summed E-state index contributed by atoms with van der Waals surface area (Å²) in [5.74, 6) is 3.08. The number of nitrogens with two attached hydrogens (primary N) is 1. The van der Waals surface area contributed by atoms with Gasteiger partial charge in [0.05, 0.1) is 12.3 Å². The number of nitrogens with zero attached hydrogens (tertiary/aromatic N) is 2. The Hall–Kier alpha value is -1.45. The maximum Gasteiger partial charge on any atom is 0.239 e. The SMILES string of the molecule is CC(C)CCN(c1ccc(N)c(OCC2CC2)n1)C1CC1. The third-order valence-electron chi connectivity index (χ3n) is 4.26. The summed E-state index contributed by atoms with van der Waals surface area (Å²) in [6.07, 6.45) is 6.32. The number of anilines is 2. The molecule has 0 saturated heterocycles. The van der Waals surface area contributed by atoms with Crippen molar-refractivity contribution in [1.82, 2.24) is 4.98 Å². The minimum absolute atomic E-state index is 0.620. The zero-order valence-corrected chi connectivity index (χ0v) is 13.2. The number of hydrogen-bond donors (Lipinski definition) is 1. The van der Waals surface area contributed by atoms with Crippen LogP contribution in [0.15, 0.2) is 12.1 Å². The van der Waals surface area contributed by atoms with E-state index in [0.29, 0.717) is 23.5 Å². The third kappa shape index (κ3) is 4.02. The van der Waals surface area contributed by atoms with E-state index >= 15 is 0 Å². The molecule has 116 valence electrons. The van der Waals surface area contributed by atoms with Crippen molar-refractivity contribution in [3.63, 3.8) is 0 Å². The summed E-state index contributed by atoms with van der Waals surface area (Å²) in [7, 11) is 0. The number of nitrogen functional groups attached to an aromatic ring is 1. The predicted molar refractivity (Wildman–Crippen MR) is 86.7 cm³/mol. The molecule has 3 rings (SSSR count). The Morgan fingerprint density at radius 1 is 1.29 bits per heavy atom. The van der Waals surface area contributed by atoms with Gasteiger partial charge >= 0.3 is 0 Å². The van der Waals surface area contributed by atoms with Gasteiger partial charge in [0, 0.05) is 12.6 Å². The highest BCUT2D eigenvalue weighted by Crippen LogP contribution is 2.34. The molecule has 0 aliphatic heterocycles. The van der Waals surface area contributed by atoms with Gasteiger partial charge in [-0.15, -0.1) is 0 Å². The van der Waals surface area contributed by atoms with Crippen molar-refractivity contribution in [3.05, 3.63) is 12.1 Å². The molecule has 0 radical (unpaired) electrons. The minimum atomic E-state index is 0.620. The van der Waals surface area contributed by atoms with E-state index in [1.54, 1.807) is 0 Å². The van der Waals surface area contributed by atoms with E-state index in [0.717, 1.165) is 24.9 Å². The molecule has 0 bridgehead atoms. The highest BCUT2D eigenvalue weighted by Gasteiger charge is 2.30. The lowest BCUT2D eigenvalue weighted by Gasteiger charge is -2.25. The zero-order valence-electron chi connectivity index (χ0n) is 13.2. The molecule has 1 aromatic heterocycles. The average Bonchev–Trinajstić information content (AvgIpc) is 3.32. The van der Waals surface area contributed by atoms with Crippen LogP contribution in [0.2, 0.25) is 0 Å². The lowest BCUT2D eigenvalue weighted by Crippen LogP contribution is -2.28. The summed E-state index contributed by atoms with van der Waals surface area (Å²) in [6.45, 7) is 6.37. The van der Waals surface area contributed by atoms with Crippen molar-refractivity contribution in [2.24, 2.45) is 11.8 Å². The van der Waals surface area contributed by atoms with E-state index in [-0.39, 0.29) is 0 Å². The van der Waals surface area contributed by atoms with Gasteiger partial charge in [-0.1, -0.05) is 13.8 Å². The predicted octanol–water partition coefficient (Wildman–Crippen LogP) is 3.47. The number of aromatic nitrogens is 1. The third-order valence-corrected chi connectivity index (χ3v) is 4.26. The van der Waals surface area contributed by atoms with E-state index in [1.165, 1.54) is 32.1 Å². The molecule has 2 aliphatic carbocycles. The largest absolute Gasteiger partial charge is 0.476 e. The first-order valence-corrected chi connectivity index (χ1v) is 8.29. The van der Waals surface area contributed by atoms with Crippen LogP contribution in [-0.2, 0) is 0 Å². The second-order valence-corrected chi connectivity index (χ2v) is 6.93. The van der Waals surface area contributed by atoms with Crippen molar-refractivity contribution >= 4 is 11.5 Å². The van der Waals surface area contributed by atoms with Crippen molar-refractivity contribution in [2.75, 3.05) is 23.8 Å². The summed E-state index contributed by atoms with van der Waals surface area (Å²) in [6, 6.07) is 4.64. The molecular weight excluding hydrogens is 262 g/mol. The number of hydrogen-bond acceptors (Lipinski definition) is 4. The molecule has 2 N–H and O–H groups in total. The van der Waals surface area contributed by atoms with Gasteiger partial charge in [0.1, 0.15) is 5.82 Å². The fraction of sp³-hybridized carbons (Fsp3) is 0.706. The van der Waals surface area contributed by atoms with Gasteiger partial charge in [0.25, 0.3) is 0 Å². The van der Waals surface area contributed by atoms with Gasteiger partial charge in [-0.25, -0.2) is 0 Å². The van der Waals surface area contributed by atoms with Gasteiger partial charge < -0.3 is 15.4 Å². The average molecular weight is 289 g/mol. The van der Waals surface area contributed by atoms with Crippen LogP contribution in [0.25, 0.3) is 0 Å². The Balaban J connectivity index is 1.70. The summed E-state index contributed by atoms with van der Waals surface area (Å²) in [5, 5.41) is 0. The van der Waals surface area contributed by atoms with E-state index < -0.39 is 0 Å². The standard InChI is InChI=1S/C17H27N3O/c1-12(2)9-10-20(14-5-6-14)16-8-7-15(18)17(19-16)21-11-13-3-4-13/h7-8,12-14H,3-6,9-11,18H2,1-2H3. The Morgan fingerprint density at radius 2 is 2.05 bits per heavy atom. The Labute approximate surface area is 127 Å². The highest BCUT2D eigenvalue weighted by atomic mass is 16.5. The fourth-order valence-electron chi connectivity index (χ4n) is 2.47. The number of pyridine rings is 1. The molecule has 0 spiro atoms. The number of rotatable bonds is 8. The summed E-state index contributed by atoms with van der Waals surface area (Å²) in [4.78, 5) is 7.12. The molecule has 4 heteroatoms. The number of ether oxygens (including phenoxy) is 1. The molecule has 0 unspecified atom stereocenters. The van der Waals surface area contributed by atoms with E-state index in [4.69, 9.17) is 15.5 Å². The molecule has 0 amide bonds. The van der Waals surface area contributed by atoms with Crippen LogP contribution in [0.4, 0.5) is 11.5 Å². The molecule has 2 fully saturated rings. The molecule has 0 aromatic carbocycles. The van der Waals surface area contributed by atoms with Gasteiger partial charge in [-0.2, -0.15) is 4.98 Å². The maximum atomic E-state index is 6.00. The summed E-state index contributed by atoms with van der Waals surface area (Å²) >= 11 is 0. The molecule has 1 heterocycles. The van der Waals surface area contributed by atoms with Gasteiger partial charge in [-0.05, 0) is 56.1 Å². The Bertz CT molecular complexity index is 481. The van der Waals surface area contributed by atoms with Crippen LogP contribution in [-0.4, -0.2) is 24.2 Å². The van der Waals surface area contributed by atoms with Gasteiger partial charge in [-0.3, -0.25) is 0 Å². The Morgan fingerprint density at radius 3 is 2.67 bits per heavy atom. The van der Waals surface area contributed by atoms with Crippen molar-refractivity contribution in [1.29, 1.82) is 0 Å². The summed E-state index contributed by atoms with van der Waals surface area (Å²) < 4.78 is 5.81. The first kappa shape index (κ1) is 14.5. The topological polar surface area (TPSA) is 51.4 Å². The smallest absolute Gasteiger partial charge is 0.239 e. The zero-order chi connectivity index (χ0) is 14.8. The second-order valence-electron chi connectivity index (χ2n) is 6.93. The lowest BCUT2D eigenvalue weighted by atomic mass is 10.1. The van der Waals surface area contributed by atoms with Crippen molar-refractivity contribution < 1.29 is 4.74 Å². The van der Waals surface area contributed by atoms with Crippen molar-refractivity contribution in [2.45, 2.75) is 52.0 Å². The van der Waals surface area contributed by atoms with Crippen molar-refractivity contribution in [3.8, 4) is 5.88 Å². The summed E-state index contributed by atoms with van der Waals surface area (Å²) in [5.41, 5.74) is 6.66. The monoisotopic (exact) mass is 289 g/mol. The lowest BCUT2D eigenvalue weighted by molar-refractivity contribution is 0.290. The molecule has 21 heavy (non-hydrogen) atoms.